The molecule has 0 aliphatic rings. The van der Waals surface area contributed by atoms with Crippen LogP contribution in [0.5, 0.6) is 5.75 Å². The summed E-state index contributed by atoms with van der Waals surface area (Å²) in [5, 5.41) is 9.53. The largest absolute Gasteiger partial charge is 0.504 e. The lowest BCUT2D eigenvalue weighted by atomic mass is 10.1. The minimum absolute atomic E-state index is 0.0530. The van der Waals surface area contributed by atoms with Gasteiger partial charge in [0.05, 0.1) is 5.56 Å². The van der Waals surface area contributed by atoms with Crippen LogP contribution < -0.4 is 0 Å². The van der Waals surface area contributed by atoms with Crippen molar-refractivity contribution in [2.24, 2.45) is 0 Å². The van der Waals surface area contributed by atoms with E-state index in [1.807, 2.05) is 13.8 Å². The second kappa shape index (κ2) is 4.68. The second-order valence-corrected chi connectivity index (χ2v) is 4.28. The molecule has 2 aromatic rings. The van der Waals surface area contributed by atoms with E-state index in [0.717, 1.165) is 11.6 Å². The summed E-state index contributed by atoms with van der Waals surface area (Å²) in [7, 11) is 0. The van der Waals surface area contributed by atoms with Gasteiger partial charge in [0.1, 0.15) is 5.82 Å². The average molecular weight is 250 g/mol. The Kier molecular flexibility index (Phi) is 3.23. The monoisotopic (exact) mass is 250 g/mol. The third-order valence-electron chi connectivity index (χ3n) is 2.61. The van der Waals surface area contributed by atoms with Crippen LogP contribution in [-0.4, -0.2) is 15.1 Å². The van der Waals surface area contributed by atoms with Crippen molar-refractivity contribution in [3.05, 3.63) is 41.7 Å². The van der Waals surface area contributed by atoms with Gasteiger partial charge in [-0.15, -0.1) is 0 Å². The van der Waals surface area contributed by atoms with Crippen molar-refractivity contribution in [1.29, 1.82) is 0 Å². The van der Waals surface area contributed by atoms with Crippen molar-refractivity contribution in [3.63, 3.8) is 0 Å². The first-order valence-electron chi connectivity index (χ1n) is 5.49. The Hall–Kier alpha value is -2.04. The molecule has 0 saturated carbocycles. The highest BCUT2D eigenvalue weighted by Crippen LogP contribution is 2.30. The Morgan fingerprint density at radius 2 is 1.72 bits per heavy atom. The summed E-state index contributed by atoms with van der Waals surface area (Å²) in [6, 6.07) is 1.62. The van der Waals surface area contributed by atoms with Crippen molar-refractivity contribution in [1.82, 2.24) is 9.97 Å². The second-order valence-electron chi connectivity index (χ2n) is 4.28. The first kappa shape index (κ1) is 12.4. The van der Waals surface area contributed by atoms with Gasteiger partial charge in [0.15, 0.2) is 17.4 Å². The molecule has 1 aromatic carbocycles. The fourth-order valence-corrected chi connectivity index (χ4v) is 1.51. The van der Waals surface area contributed by atoms with Gasteiger partial charge < -0.3 is 5.11 Å². The predicted octanol–water partition coefficient (Wildman–Crippen LogP) is 3.25. The van der Waals surface area contributed by atoms with Crippen molar-refractivity contribution in [2.75, 3.05) is 0 Å². The van der Waals surface area contributed by atoms with Crippen LogP contribution in [0.1, 0.15) is 25.3 Å². The van der Waals surface area contributed by atoms with E-state index in [-0.39, 0.29) is 17.3 Å². The van der Waals surface area contributed by atoms with E-state index in [9.17, 15) is 13.9 Å². The van der Waals surface area contributed by atoms with Gasteiger partial charge in [0.2, 0.25) is 0 Å². The molecule has 0 bridgehead atoms. The smallest absolute Gasteiger partial charge is 0.168 e. The first-order valence-corrected chi connectivity index (χ1v) is 5.49. The van der Waals surface area contributed by atoms with Crippen LogP contribution in [0.3, 0.4) is 0 Å². The number of benzene rings is 1. The molecule has 0 saturated heterocycles. The SMILES string of the molecule is CC(C)c1cnc(-c2cc(F)cc(F)c2O)nc1. The highest BCUT2D eigenvalue weighted by atomic mass is 19.1. The molecular formula is C13H12F2N2O. The zero-order chi connectivity index (χ0) is 13.3. The van der Waals surface area contributed by atoms with E-state index in [1.165, 1.54) is 0 Å². The molecule has 1 heterocycles. The average Bonchev–Trinajstić information content (AvgIpc) is 2.34. The van der Waals surface area contributed by atoms with Gasteiger partial charge >= 0.3 is 0 Å². The Morgan fingerprint density at radius 1 is 1.11 bits per heavy atom. The minimum Gasteiger partial charge on any atom is -0.504 e. The normalized spacial score (nSPS) is 10.9. The topological polar surface area (TPSA) is 46.0 Å². The molecule has 18 heavy (non-hydrogen) atoms. The maximum Gasteiger partial charge on any atom is 0.168 e. The van der Waals surface area contributed by atoms with E-state index >= 15 is 0 Å². The molecule has 3 nitrogen and oxygen atoms in total. The predicted molar refractivity (Wildman–Crippen MR) is 63.1 cm³/mol. The number of phenols is 1. The molecule has 0 fully saturated rings. The molecule has 2 rings (SSSR count). The minimum atomic E-state index is -1.03. The lowest BCUT2D eigenvalue weighted by Crippen LogP contribution is -1.96. The summed E-state index contributed by atoms with van der Waals surface area (Å²) >= 11 is 0. The summed E-state index contributed by atoms with van der Waals surface area (Å²) in [6.45, 7) is 3.97. The number of aromatic hydroxyl groups is 1. The maximum absolute atomic E-state index is 13.2. The number of halogens is 2. The lowest BCUT2D eigenvalue weighted by molar-refractivity contribution is 0.429. The van der Waals surface area contributed by atoms with E-state index in [0.29, 0.717) is 6.07 Å². The van der Waals surface area contributed by atoms with Crippen LogP contribution in [0.2, 0.25) is 0 Å². The van der Waals surface area contributed by atoms with Gasteiger partial charge in [-0.2, -0.15) is 0 Å². The van der Waals surface area contributed by atoms with Crippen LogP contribution >= 0.6 is 0 Å². The quantitative estimate of drug-likeness (QED) is 0.889. The summed E-state index contributed by atoms with van der Waals surface area (Å²) in [6.07, 6.45) is 3.16. The van der Waals surface area contributed by atoms with Crippen molar-refractivity contribution in [2.45, 2.75) is 19.8 Å². The number of hydrogen-bond donors (Lipinski definition) is 1. The third kappa shape index (κ3) is 2.30. The van der Waals surface area contributed by atoms with Gasteiger partial charge in [0.25, 0.3) is 0 Å². The number of hydrogen-bond acceptors (Lipinski definition) is 3. The standard InChI is InChI=1S/C13H12F2N2O/c1-7(2)8-5-16-13(17-6-8)10-3-9(14)4-11(15)12(10)18/h3-7,18H,1-2H3. The van der Waals surface area contributed by atoms with Gasteiger partial charge in [-0.3, -0.25) is 0 Å². The lowest BCUT2D eigenvalue weighted by Gasteiger charge is -2.07. The molecule has 1 aromatic heterocycles. The fraction of sp³-hybridized carbons (Fsp3) is 0.231. The Balaban J connectivity index is 2.49. The maximum atomic E-state index is 13.2. The van der Waals surface area contributed by atoms with E-state index < -0.39 is 17.4 Å². The fourth-order valence-electron chi connectivity index (χ4n) is 1.51. The molecule has 0 atom stereocenters. The zero-order valence-electron chi connectivity index (χ0n) is 9.98. The van der Waals surface area contributed by atoms with Crippen LogP contribution in [0.4, 0.5) is 8.78 Å². The Bertz CT molecular complexity index is 568. The van der Waals surface area contributed by atoms with Gasteiger partial charge in [0, 0.05) is 18.5 Å². The first-order chi connectivity index (χ1) is 8.49. The van der Waals surface area contributed by atoms with Crippen LogP contribution in [0, 0.1) is 11.6 Å². The van der Waals surface area contributed by atoms with Crippen LogP contribution in [-0.2, 0) is 0 Å². The van der Waals surface area contributed by atoms with Crippen molar-refractivity contribution < 1.29 is 13.9 Å². The third-order valence-corrected chi connectivity index (χ3v) is 2.61. The summed E-state index contributed by atoms with van der Waals surface area (Å²) < 4.78 is 26.3. The van der Waals surface area contributed by atoms with E-state index in [2.05, 4.69) is 9.97 Å². The van der Waals surface area contributed by atoms with Gasteiger partial charge in [-0.1, -0.05) is 13.8 Å². The zero-order valence-corrected chi connectivity index (χ0v) is 9.98. The molecule has 0 radical (unpaired) electrons. The molecule has 0 unspecified atom stereocenters. The Morgan fingerprint density at radius 3 is 2.28 bits per heavy atom. The molecule has 1 N–H and O–H groups in total. The summed E-state index contributed by atoms with van der Waals surface area (Å²) in [4.78, 5) is 8.02. The highest BCUT2D eigenvalue weighted by molar-refractivity contribution is 5.63. The molecule has 0 spiro atoms. The van der Waals surface area contributed by atoms with Crippen LogP contribution in [0.25, 0.3) is 11.4 Å². The van der Waals surface area contributed by atoms with Crippen LogP contribution in [0.15, 0.2) is 24.5 Å². The van der Waals surface area contributed by atoms with E-state index in [1.54, 1.807) is 12.4 Å². The van der Waals surface area contributed by atoms with Gasteiger partial charge in [-0.05, 0) is 17.5 Å². The summed E-state index contributed by atoms with van der Waals surface area (Å²) in [5.41, 5.74) is 0.859. The number of aromatic nitrogens is 2. The van der Waals surface area contributed by atoms with Crippen molar-refractivity contribution >= 4 is 0 Å². The number of nitrogens with zero attached hydrogens (tertiary/aromatic N) is 2. The molecule has 5 heteroatoms. The molecule has 94 valence electrons. The summed E-state index contributed by atoms with van der Waals surface area (Å²) in [5.74, 6) is -2.10. The van der Waals surface area contributed by atoms with Gasteiger partial charge in [-0.25, -0.2) is 18.7 Å². The number of phenolic OH excluding ortho intramolecular Hbond substituents is 1. The molecule has 0 aliphatic carbocycles. The highest BCUT2D eigenvalue weighted by Gasteiger charge is 2.14. The molecular weight excluding hydrogens is 238 g/mol. The van der Waals surface area contributed by atoms with E-state index in [4.69, 9.17) is 0 Å². The Labute approximate surface area is 103 Å². The molecule has 0 aliphatic heterocycles. The molecule has 0 amide bonds. The van der Waals surface area contributed by atoms with Crippen molar-refractivity contribution in [3.8, 4) is 17.1 Å². The number of rotatable bonds is 2.